The lowest BCUT2D eigenvalue weighted by atomic mass is 10.1. The number of pyridine rings is 1. The van der Waals surface area contributed by atoms with E-state index >= 15 is 0 Å². The largest absolute Gasteiger partial charge is 0.354 e. The minimum Gasteiger partial charge on any atom is -0.354 e. The van der Waals surface area contributed by atoms with Gasteiger partial charge >= 0.3 is 0 Å². The molecule has 1 fully saturated rings. The van der Waals surface area contributed by atoms with Crippen LogP contribution in [0.3, 0.4) is 0 Å². The molecule has 1 aliphatic heterocycles. The minimum atomic E-state index is 0.196. The molecule has 1 aromatic rings. The fourth-order valence-corrected chi connectivity index (χ4v) is 2.35. The molecule has 4 heteroatoms. The molecule has 0 spiro atoms. The van der Waals surface area contributed by atoms with Crippen LogP contribution in [0.2, 0.25) is 0 Å². The number of nitrogens with two attached hydrogens (primary N) is 1. The number of nitrogens with zero attached hydrogens (tertiary/aromatic N) is 3. The maximum absolute atomic E-state index is 5.80. The molecule has 2 heterocycles. The van der Waals surface area contributed by atoms with Crippen LogP contribution in [0.25, 0.3) is 0 Å². The molecule has 1 saturated heterocycles. The number of anilines is 1. The van der Waals surface area contributed by atoms with Gasteiger partial charge in [0.1, 0.15) is 5.82 Å². The number of aromatic nitrogens is 1. The van der Waals surface area contributed by atoms with Gasteiger partial charge in [-0.05, 0) is 38.9 Å². The van der Waals surface area contributed by atoms with E-state index in [9.17, 15) is 0 Å². The van der Waals surface area contributed by atoms with Crippen LogP contribution in [0.5, 0.6) is 0 Å². The maximum atomic E-state index is 5.80. The molecule has 0 aromatic carbocycles. The highest BCUT2D eigenvalue weighted by Crippen LogP contribution is 2.16. The monoisotopic (exact) mass is 248 g/mol. The van der Waals surface area contributed by atoms with Crippen molar-refractivity contribution in [1.29, 1.82) is 0 Å². The van der Waals surface area contributed by atoms with Gasteiger partial charge in [-0.3, -0.25) is 0 Å². The summed E-state index contributed by atoms with van der Waals surface area (Å²) in [4.78, 5) is 9.32. The molecule has 0 saturated carbocycles. The summed E-state index contributed by atoms with van der Waals surface area (Å²) >= 11 is 0. The van der Waals surface area contributed by atoms with E-state index in [0.29, 0.717) is 6.04 Å². The Labute approximate surface area is 110 Å². The van der Waals surface area contributed by atoms with Crippen molar-refractivity contribution in [2.24, 2.45) is 5.73 Å². The van der Waals surface area contributed by atoms with E-state index in [1.165, 1.54) is 5.56 Å². The van der Waals surface area contributed by atoms with Crippen molar-refractivity contribution in [2.75, 3.05) is 31.6 Å². The van der Waals surface area contributed by atoms with Crippen molar-refractivity contribution in [2.45, 2.75) is 32.4 Å². The Hall–Kier alpha value is -1.13. The molecule has 2 atom stereocenters. The van der Waals surface area contributed by atoms with Crippen molar-refractivity contribution in [3.05, 3.63) is 23.9 Å². The third-order valence-electron chi connectivity index (χ3n) is 3.65. The normalized spacial score (nSPS) is 23.1. The summed E-state index contributed by atoms with van der Waals surface area (Å²) in [6.45, 7) is 7.49. The molecule has 18 heavy (non-hydrogen) atoms. The number of likely N-dealkylation sites (N-methyl/N-ethyl adjacent to an activating group) is 1. The lowest BCUT2D eigenvalue weighted by molar-refractivity contribution is 0.233. The topological polar surface area (TPSA) is 45.4 Å². The van der Waals surface area contributed by atoms with Gasteiger partial charge < -0.3 is 15.5 Å². The average molecular weight is 248 g/mol. The minimum absolute atomic E-state index is 0.196. The van der Waals surface area contributed by atoms with Crippen LogP contribution in [0.15, 0.2) is 18.3 Å². The summed E-state index contributed by atoms with van der Waals surface area (Å²) in [5.74, 6) is 1.09. The van der Waals surface area contributed by atoms with Crippen LogP contribution in [0.4, 0.5) is 5.82 Å². The zero-order valence-corrected chi connectivity index (χ0v) is 11.6. The Morgan fingerprint density at radius 2 is 2.22 bits per heavy atom. The van der Waals surface area contributed by atoms with Gasteiger partial charge in [0.15, 0.2) is 0 Å². The van der Waals surface area contributed by atoms with Crippen molar-refractivity contribution in [3.8, 4) is 0 Å². The van der Waals surface area contributed by atoms with Gasteiger partial charge in [-0.1, -0.05) is 6.07 Å². The zero-order valence-electron chi connectivity index (χ0n) is 11.6. The van der Waals surface area contributed by atoms with Crippen molar-refractivity contribution in [3.63, 3.8) is 0 Å². The van der Waals surface area contributed by atoms with E-state index in [-0.39, 0.29) is 6.04 Å². The molecule has 2 unspecified atom stereocenters. The lowest BCUT2D eigenvalue weighted by Gasteiger charge is -2.38. The van der Waals surface area contributed by atoms with Gasteiger partial charge in [-0.25, -0.2) is 4.98 Å². The number of piperazine rings is 1. The van der Waals surface area contributed by atoms with E-state index in [2.05, 4.69) is 40.9 Å². The van der Waals surface area contributed by atoms with E-state index in [0.717, 1.165) is 31.9 Å². The van der Waals surface area contributed by atoms with Gasteiger partial charge in [0, 0.05) is 37.9 Å². The van der Waals surface area contributed by atoms with Crippen molar-refractivity contribution >= 4 is 5.82 Å². The Kier molecular flexibility index (Phi) is 4.19. The molecular formula is C14H24N4. The van der Waals surface area contributed by atoms with E-state index in [1.54, 1.807) is 0 Å². The Balaban J connectivity index is 2.01. The van der Waals surface area contributed by atoms with Crippen LogP contribution in [-0.4, -0.2) is 48.6 Å². The molecule has 0 radical (unpaired) electrons. The highest BCUT2D eigenvalue weighted by molar-refractivity contribution is 5.40. The molecule has 4 nitrogen and oxygen atoms in total. The van der Waals surface area contributed by atoms with Crippen LogP contribution in [-0.2, 0) is 6.42 Å². The van der Waals surface area contributed by atoms with Crippen LogP contribution in [0.1, 0.15) is 19.4 Å². The second-order valence-electron chi connectivity index (χ2n) is 5.48. The molecule has 1 aromatic heterocycles. The summed E-state index contributed by atoms with van der Waals surface area (Å²) in [5, 5.41) is 0. The third kappa shape index (κ3) is 3.21. The highest BCUT2D eigenvalue weighted by Gasteiger charge is 2.21. The molecule has 0 bridgehead atoms. The Morgan fingerprint density at radius 3 is 2.78 bits per heavy atom. The zero-order chi connectivity index (χ0) is 13.1. The first-order chi connectivity index (χ1) is 8.56. The Bertz CT molecular complexity index is 374. The average Bonchev–Trinajstić information content (AvgIpc) is 2.33. The number of hydrogen-bond donors (Lipinski definition) is 1. The van der Waals surface area contributed by atoms with Crippen molar-refractivity contribution < 1.29 is 0 Å². The fourth-order valence-electron chi connectivity index (χ4n) is 2.35. The predicted octanol–water partition coefficient (Wildman–Crippen LogP) is 1.11. The number of hydrogen-bond acceptors (Lipinski definition) is 4. The maximum Gasteiger partial charge on any atom is 0.128 e. The summed E-state index contributed by atoms with van der Waals surface area (Å²) < 4.78 is 0. The van der Waals surface area contributed by atoms with Crippen molar-refractivity contribution in [1.82, 2.24) is 9.88 Å². The quantitative estimate of drug-likeness (QED) is 0.870. The van der Waals surface area contributed by atoms with Crippen LogP contribution in [0, 0.1) is 0 Å². The predicted molar refractivity (Wildman–Crippen MR) is 75.9 cm³/mol. The van der Waals surface area contributed by atoms with Crippen LogP contribution < -0.4 is 10.6 Å². The highest BCUT2D eigenvalue weighted by atomic mass is 15.3. The van der Waals surface area contributed by atoms with E-state index < -0.39 is 0 Å². The first kappa shape index (κ1) is 13.3. The molecule has 2 N–H and O–H groups in total. The Morgan fingerprint density at radius 1 is 1.44 bits per heavy atom. The van der Waals surface area contributed by atoms with Gasteiger partial charge in [0.05, 0.1) is 0 Å². The summed E-state index contributed by atoms with van der Waals surface area (Å²) in [6, 6.07) is 5.05. The molecular weight excluding hydrogens is 224 g/mol. The molecule has 100 valence electrons. The fraction of sp³-hybridized carbons (Fsp3) is 0.643. The van der Waals surface area contributed by atoms with Gasteiger partial charge in [0.25, 0.3) is 0 Å². The standard InChI is InChI=1S/C14H24N4/c1-11(15)8-13-4-5-14(16-9-13)18-7-6-17(3)12(2)10-18/h4-5,9,11-12H,6-8,10,15H2,1-3H3. The first-order valence-electron chi connectivity index (χ1n) is 6.72. The molecule has 0 amide bonds. The second kappa shape index (κ2) is 5.67. The molecule has 2 rings (SSSR count). The SMILES string of the molecule is CC(N)Cc1ccc(N2CCN(C)C(C)C2)nc1. The summed E-state index contributed by atoms with van der Waals surface area (Å²) in [6.07, 6.45) is 2.86. The van der Waals surface area contributed by atoms with Crippen LogP contribution >= 0.6 is 0 Å². The molecule has 0 aliphatic carbocycles. The first-order valence-corrected chi connectivity index (χ1v) is 6.72. The molecule has 1 aliphatic rings. The van der Waals surface area contributed by atoms with E-state index in [4.69, 9.17) is 5.73 Å². The third-order valence-corrected chi connectivity index (χ3v) is 3.65. The van der Waals surface area contributed by atoms with Gasteiger partial charge in [0.2, 0.25) is 0 Å². The summed E-state index contributed by atoms with van der Waals surface area (Å²) in [7, 11) is 2.18. The van der Waals surface area contributed by atoms with Gasteiger partial charge in [-0.2, -0.15) is 0 Å². The lowest BCUT2D eigenvalue weighted by Crippen LogP contribution is -2.50. The second-order valence-corrected chi connectivity index (χ2v) is 5.48. The number of rotatable bonds is 3. The van der Waals surface area contributed by atoms with Gasteiger partial charge in [-0.15, -0.1) is 0 Å². The smallest absolute Gasteiger partial charge is 0.128 e. The van der Waals surface area contributed by atoms with E-state index in [1.807, 2.05) is 13.1 Å². The summed E-state index contributed by atoms with van der Waals surface area (Å²) in [5.41, 5.74) is 7.01.